The predicted molar refractivity (Wildman–Crippen MR) is 135 cm³/mol. The van der Waals surface area contributed by atoms with Gasteiger partial charge in [-0.25, -0.2) is 8.42 Å². The number of benzene rings is 2. The van der Waals surface area contributed by atoms with Gasteiger partial charge in [0.05, 0.1) is 11.4 Å². The van der Waals surface area contributed by atoms with Gasteiger partial charge < -0.3 is 15.0 Å². The van der Waals surface area contributed by atoms with Crippen LogP contribution in [0, 0.1) is 0 Å². The zero-order chi connectivity index (χ0) is 21.4. The number of nitrogens with one attached hydrogen (secondary N) is 1. The lowest BCUT2D eigenvalue weighted by atomic mass is 10.2. The molecule has 0 spiro atoms. The van der Waals surface area contributed by atoms with E-state index in [-0.39, 0.29) is 24.0 Å². The molecule has 170 valence electrons. The number of sulfone groups is 1. The average Bonchev–Trinajstić information content (AvgIpc) is 2.75. The normalized spacial score (nSPS) is 15.3. The third-order valence-electron chi connectivity index (χ3n) is 5.04. The van der Waals surface area contributed by atoms with Crippen LogP contribution in [0.5, 0.6) is 5.75 Å². The SMILES string of the molecule is CN=C(NCCOc1ccc(S(C)(=O)=O)cc1)N1CCN(Cc2ccccc2)CC1.I. The quantitative estimate of drug-likeness (QED) is 0.244. The molecule has 0 aromatic heterocycles. The van der Waals surface area contributed by atoms with E-state index < -0.39 is 9.84 Å². The van der Waals surface area contributed by atoms with Crippen LogP contribution >= 0.6 is 24.0 Å². The second-order valence-corrected chi connectivity index (χ2v) is 9.33. The summed E-state index contributed by atoms with van der Waals surface area (Å²) in [6.45, 7) is 5.92. The van der Waals surface area contributed by atoms with Crippen molar-refractivity contribution in [3.8, 4) is 5.75 Å². The smallest absolute Gasteiger partial charge is 0.193 e. The Balaban J connectivity index is 0.00000341. The van der Waals surface area contributed by atoms with Crippen molar-refractivity contribution in [1.29, 1.82) is 0 Å². The Bertz CT molecular complexity index is 929. The van der Waals surface area contributed by atoms with Crippen LogP contribution in [0.2, 0.25) is 0 Å². The Hall–Kier alpha value is -1.85. The van der Waals surface area contributed by atoms with E-state index in [1.54, 1.807) is 31.3 Å². The highest BCUT2D eigenvalue weighted by atomic mass is 127. The Morgan fingerprint density at radius 2 is 1.68 bits per heavy atom. The van der Waals surface area contributed by atoms with Gasteiger partial charge in [-0.15, -0.1) is 24.0 Å². The summed E-state index contributed by atoms with van der Waals surface area (Å²) in [6.07, 6.45) is 1.19. The van der Waals surface area contributed by atoms with E-state index in [9.17, 15) is 8.42 Å². The van der Waals surface area contributed by atoms with E-state index in [1.165, 1.54) is 11.8 Å². The summed E-state index contributed by atoms with van der Waals surface area (Å²) < 4.78 is 28.7. The van der Waals surface area contributed by atoms with Gasteiger partial charge >= 0.3 is 0 Å². The van der Waals surface area contributed by atoms with Crippen LogP contribution in [0.1, 0.15) is 5.56 Å². The molecular weight excluding hydrogens is 527 g/mol. The molecule has 3 rings (SSSR count). The van der Waals surface area contributed by atoms with Gasteiger partial charge in [-0.3, -0.25) is 9.89 Å². The first kappa shape index (κ1) is 25.4. The summed E-state index contributed by atoms with van der Waals surface area (Å²) in [5.74, 6) is 1.53. The van der Waals surface area contributed by atoms with Crippen molar-refractivity contribution in [2.24, 2.45) is 4.99 Å². The zero-order valence-electron chi connectivity index (χ0n) is 18.0. The molecule has 31 heavy (non-hydrogen) atoms. The molecule has 1 saturated heterocycles. The maximum absolute atomic E-state index is 11.5. The number of piperazine rings is 1. The van der Waals surface area contributed by atoms with Crippen molar-refractivity contribution in [2.75, 3.05) is 52.6 Å². The van der Waals surface area contributed by atoms with Crippen molar-refractivity contribution < 1.29 is 13.2 Å². The van der Waals surface area contributed by atoms with E-state index in [0.29, 0.717) is 23.8 Å². The lowest BCUT2D eigenvalue weighted by Crippen LogP contribution is -2.52. The maximum atomic E-state index is 11.5. The van der Waals surface area contributed by atoms with Gasteiger partial charge in [-0.2, -0.15) is 0 Å². The van der Waals surface area contributed by atoms with Crippen molar-refractivity contribution in [1.82, 2.24) is 15.1 Å². The first-order valence-corrected chi connectivity index (χ1v) is 12.0. The number of aliphatic imine (C=N–C) groups is 1. The highest BCUT2D eigenvalue weighted by Crippen LogP contribution is 2.15. The summed E-state index contributed by atoms with van der Waals surface area (Å²) in [6, 6.07) is 17.0. The molecule has 1 aliphatic heterocycles. The van der Waals surface area contributed by atoms with Gasteiger partial charge in [0, 0.05) is 46.0 Å². The number of rotatable bonds is 7. The van der Waals surface area contributed by atoms with Crippen LogP contribution in [0.25, 0.3) is 0 Å². The molecule has 2 aromatic rings. The molecule has 0 radical (unpaired) electrons. The fourth-order valence-corrected chi connectivity index (χ4v) is 4.04. The van der Waals surface area contributed by atoms with E-state index in [2.05, 4.69) is 44.4 Å². The predicted octanol–water partition coefficient (Wildman–Crippen LogP) is 2.48. The average molecular weight is 558 g/mol. The van der Waals surface area contributed by atoms with E-state index in [4.69, 9.17) is 4.74 Å². The van der Waals surface area contributed by atoms with Crippen LogP contribution < -0.4 is 10.1 Å². The minimum Gasteiger partial charge on any atom is -0.492 e. The van der Waals surface area contributed by atoms with Crippen molar-refractivity contribution in [3.05, 3.63) is 60.2 Å². The standard InChI is InChI=1S/C22H30N4O3S.HI/c1-23-22(24-12-17-29-20-8-10-21(11-9-20)30(2,27)28)26-15-13-25(14-16-26)18-19-6-4-3-5-7-19;/h3-11H,12-18H2,1-2H3,(H,23,24);1H. The van der Waals surface area contributed by atoms with Gasteiger partial charge in [-0.05, 0) is 29.8 Å². The van der Waals surface area contributed by atoms with Gasteiger partial charge in [0.25, 0.3) is 0 Å². The summed E-state index contributed by atoms with van der Waals surface area (Å²) >= 11 is 0. The lowest BCUT2D eigenvalue weighted by Gasteiger charge is -2.36. The van der Waals surface area contributed by atoms with E-state index in [0.717, 1.165) is 38.7 Å². The highest BCUT2D eigenvalue weighted by molar-refractivity contribution is 14.0. The fourth-order valence-electron chi connectivity index (χ4n) is 3.41. The van der Waals surface area contributed by atoms with E-state index in [1.807, 2.05) is 6.07 Å². The number of hydrogen-bond donors (Lipinski definition) is 1. The summed E-state index contributed by atoms with van der Waals surface area (Å²) in [5, 5.41) is 3.35. The van der Waals surface area contributed by atoms with Gasteiger partial charge in [0.1, 0.15) is 12.4 Å². The molecule has 0 atom stereocenters. The zero-order valence-corrected chi connectivity index (χ0v) is 21.2. The Morgan fingerprint density at radius 1 is 1.03 bits per heavy atom. The van der Waals surface area contributed by atoms with Crippen molar-refractivity contribution in [3.63, 3.8) is 0 Å². The summed E-state index contributed by atoms with van der Waals surface area (Å²) in [5.41, 5.74) is 1.34. The number of guanidine groups is 1. The number of hydrogen-bond acceptors (Lipinski definition) is 5. The molecular formula is C22H31IN4O3S. The second kappa shape index (κ2) is 12.3. The molecule has 0 aliphatic carbocycles. The van der Waals surface area contributed by atoms with Crippen molar-refractivity contribution >= 4 is 39.8 Å². The fraction of sp³-hybridized carbons (Fsp3) is 0.409. The minimum absolute atomic E-state index is 0. The van der Waals surface area contributed by atoms with Gasteiger partial charge in [0.15, 0.2) is 15.8 Å². The lowest BCUT2D eigenvalue weighted by molar-refractivity contribution is 0.172. The van der Waals surface area contributed by atoms with Crippen molar-refractivity contribution in [2.45, 2.75) is 11.4 Å². The van der Waals surface area contributed by atoms with Crippen LogP contribution in [0.4, 0.5) is 0 Å². The van der Waals surface area contributed by atoms with Crippen LogP contribution in [-0.4, -0.2) is 76.8 Å². The third kappa shape index (κ3) is 7.97. The second-order valence-electron chi connectivity index (χ2n) is 7.31. The molecule has 0 bridgehead atoms. The molecule has 1 heterocycles. The molecule has 0 unspecified atom stereocenters. The highest BCUT2D eigenvalue weighted by Gasteiger charge is 2.19. The largest absolute Gasteiger partial charge is 0.492 e. The first-order chi connectivity index (χ1) is 14.5. The molecule has 0 saturated carbocycles. The molecule has 0 amide bonds. The topological polar surface area (TPSA) is 74.2 Å². The van der Waals surface area contributed by atoms with Crippen LogP contribution in [0.15, 0.2) is 64.5 Å². The molecule has 1 fully saturated rings. The first-order valence-electron chi connectivity index (χ1n) is 10.1. The summed E-state index contributed by atoms with van der Waals surface area (Å²) in [7, 11) is -1.39. The Kier molecular flexibility index (Phi) is 10.0. The minimum atomic E-state index is -3.19. The van der Waals surface area contributed by atoms with Crippen LogP contribution in [0.3, 0.4) is 0 Å². The Labute approximate surface area is 202 Å². The van der Waals surface area contributed by atoms with Gasteiger partial charge in [0.2, 0.25) is 0 Å². The number of ether oxygens (including phenoxy) is 1. The molecule has 9 heteroatoms. The number of nitrogens with zero attached hydrogens (tertiary/aromatic N) is 3. The van der Waals surface area contributed by atoms with Crippen LogP contribution in [-0.2, 0) is 16.4 Å². The molecule has 1 N–H and O–H groups in total. The molecule has 2 aromatic carbocycles. The summed E-state index contributed by atoms with van der Waals surface area (Å²) in [4.78, 5) is 9.41. The molecule has 1 aliphatic rings. The van der Waals surface area contributed by atoms with E-state index >= 15 is 0 Å². The molecule has 7 nitrogen and oxygen atoms in total. The monoisotopic (exact) mass is 558 g/mol. The Morgan fingerprint density at radius 3 is 2.26 bits per heavy atom. The van der Waals surface area contributed by atoms with Gasteiger partial charge in [-0.1, -0.05) is 30.3 Å². The number of halogens is 1. The maximum Gasteiger partial charge on any atom is 0.193 e. The third-order valence-corrected chi connectivity index (χ3v) is 6.17.